The molecule has 0 fully saturated rings. The predicted octanol–water partition coefficient (Wildman–Crippen LogP) is 3.25. The Kier molecular flexibility index (Phi) is 1.56. The van der Waals surface area contributed by atoms with Crippen molar-refractivity contribution < 1.29 is 22.6 Å². The molecule has 118 valence electrons. The van der Waals surface area contributed by atoms with E-state index in [4.69, 9.17) is 17.8 Å². The summed E-state index contributed by atoms with van der Waals surface area (Å²) in [6.45, 7) is -11.8. The molecule has 0 saturated carbocycles. The number of likely N-dealkylation sites (N-methyl/N-ethyl adjacent to an activating group) is 1. The van der Waals surface area contributed by atoms with E-state index < -0.39 is 40.0 Å². The molecule has 3 rings (SSSR count). The average molecular weight is 320 g/mol. The lowest BCUT2D eigenvalue weighted by molar-refractivity contribution is -0.128. The number of hydrogen-bond donors (Lipinski definition) is 0. The zero-order valence-corrected chi connectivity index (χ0v) is 11.9. The van der Waals surface area contributed by atoms with Crippen LogP contribution < -0.4 is 0 Å². The summed E-state index contributed by atoms with van der Waals surface area (Å²) in [5, 5.41) is 0. The van der Waals surface area contributed by atoms with Crippen LogP contribution in [0.4, 0.5) is 0 Å². The van der Waals surface area contributed by atoms with Crippen LogP contribution in [-0.2, 0) is 11.2 Å². The van der Waals surface area contributed by atoms with Gasteiger partial charge >= 0.3 is 0 Å². The molecule has 0 N–H and O–H groups in total. The number of carbonyl (C=O) groups is 1. The number of hydrogen-bond acceptors (Lipinski definition) is 2. The molecule has 4 heteroatoms. The van der Waals surface area contributed by atoms with Gasteiger partial charge in [0.1, 0.15) is 5.65 Å². The lowest BCUT2D eigenvalue weighted by atomic mass is 10.1. The van der Waals surface area contributed by atoms with Gasteiger partial charge in [-0.3, -0.25) is 4.79 Å². The van der Waals surface area contributed by atoms with Crippen molar-refractivity contribution in [3.05, 3.63) is 59.4 Å². The highest BCUT2D eigenvalue weighted by Crippen LogP contribution is 2.26. The van der Waals surface area contributed by atoms with Crippen LogP contribution >= 0.6 is 0 Å². The van der Waals surface area contributed by atoms with E-state index in [1.54, 1.807) is 0 Å². The third kappa shape index (κ3) is 2.97. The number of nitrogens with zero attached hydrogens (tertiary/aromatic N) is 3. The molecular formula is C19H21N3O. The van der Waals surface area contributed by atoms with E-state index >= 15 is 0 Å². The number of carbonyl (C=O) groups excluding carboxylic acids is 1. The van der Waals surface area contributed by atoms with Gasteiger partial charge in [-0.05, 0) is 25.3 Å². The molecule has 1 amide bonds. The van der Waals surface area contributed by atoms with E-state index in [1.807, 2.05) is 0 Å². The summed E-state index contributed by atoms with van der Waals surface area (Å²) in [7, 11) is 0. The molecule has 0 saturated heterocycles. The second-order valence-electron chi connectivity index (χ2n) is 4.89. The Morgan fingerprint density at radius 2 is 1.91 bits per heavy atom. The van der Waals surface area contributed by atoms with Crippen molar-refractivity contribution in [3.63, 3.8) is 0 Å². The van der Waals surface area contributed by atoms with Crippen LogP contribution in [0, 0.1) is 13.7 Å². The average Bonchev–Trinajstić information content (AvgIpc) is 3.08. The van der Waals surface area contributed by atoms with Gasteiger partial charge in [-0.2, -0.15) is 0 Å². The minimum atomic E-state index is -3.40. The maximum absolute atomic E-state index is 13.1. The summed E-state index contributed by atoms with van der Waals surface area (Å²) in [5.41, 5.74) is -0.124. The van der Waals surface area contributed by atoms with Gasteiger partial charge in [-0.25, -0.2) is 4.98 Å². The van der Waals surface area contributed by atoms with Gasteiger partial charge in [0.2, 0.25) is 5.91 Å². The summed E-state index contributed by atoms with van der Waals surface area (Å²) in [4.78, 5) is 17.1. The van der Waals surface area contributed by atoms with Crippen LogP contribution in [0.2, 0.25) is 0 Å². The molecule has 3 aromatic rings. The van der Waals surface area contributed by atoms with Gasteiger partial charge in [-0.1, -0.05) is 35.9 Å². The van der Waals surface area contributed by atoms with Crippen molar-refractivity contribution in [3.8, 4) is 11.3 Å². The number of aromatic nitrogens is 2. The maximum atomic E-state index is 13.1. The number of fused-ring (bicyclic) bond motifs is 1. The third-order valence-corrected chi connectivity index (χ3v) is 3.29. The Balaban J connectivity index is 2.28. The van der Waals surface area contributed by atoms with Crippen molar-refractivity contribution in [1.29, 1.82) is 0 Å². The maximum Gasteiger partial charge on any atom is 0.228 e. The Morgan fingerprint density at radius 3 is 2.61 bits per heavy atom. The number of imidazole rings is 1. The molecule has 23 heavy (non-hydrogen) atoms. The number of pyridine rings is 1. The Hall–Kier alpha value is -2.62. The molecule has 0 radical (unpaired) electrons. The number of aryl methyl sites for hydroxylation is 2. The quantitative estimate of drug-likeness (QED) is 0.743. The Morgan fingerprint density at radius 1 is 1.17 bits per heavy atom. The number of amides is 1. The van der Waals surface area contributed by atoms with Crippen LogP contribution in [0.3, 0.4) is 0 Å². The molecule has 0 bridgehead atoms. The van der Waals surface area contributed by atoms with Crippen molar-refractivity contribution in [1.82, 2.24) is 14.3 Å². The SMILES string of the molecule is [2H]C(C(=O)N(C([2H])([2H])[2H])C([2H])([2H])[2H])c1c(-c2ccc(C([2H])([2H])[2H])cc2)nc2ccc(C([2H])([2H])[2H])cn12. The van der Waals surface area contributed by atoms with E-state index in [-0.39, 0.29) is 38.6 Å². The number of benzene rings is 1. The zero-order valence-electron chi connectivity index (χ0n) is 24.9. The molecule has 2 heterocycles. The molecule has 4 nitrogen and oxygen atoms in total. The highest BCUT2D eigenvalue weighted by molar-refractivity contribution is 5.81. The standard InChI is InChI=1S/C19H21N3O/c1-13-5-8-15(9-6-13)19-16(11-18(23)21(3)4)22-12-14(2)7-10-17(22)20-19/h5-10,12H,11H2,1-4H3/i1D3,2D3,3D3,4D3,11D. The largest absolute Gasteiger partial charge is 0.348 e. The van der Waals surface area contributed by atoms with Gasteiger partial charge < -0.3 is 9.30 Å². The number of rotatable bonds is 3. The summed E-state index contributed by atoms with van der Waals surface area (Å²) < 4.78 is 100. The molecule has 1 aromatic carbocycles. The molecule has 0 spiro atoms. The van der Waals surface area contributed by atoms with Crippen molar-refractivity contribution >= 4 is 11.6 Å². The van der Waals surface area contributed by atoms with Crippen molar-refractivity contribution in [2.45, 2.75) is 20.1 Å². The van der Waals surface area contributed by atoms with Crippen molar-refractivity contribution in [2.75, 3.05) is 14.0 Å². The van der Waals surface area contributed by atoms with Gasteiger partial charge in [0.15, 0.2) is 0 Å². The fourth-order valence-corrected chi connectivity index (χ4v) is 2.22. The molecular weight excluding hydrogens is 286 g/mol. The summed E-state index contributed by atoms with van der Waals surface area (Å²) in [6.07, 6.45) is -1.01. The van der Waals surface area contributed by atoms with Gasteiger partial charge in [-0.15, -0.1) is 0 Å². The van der Waals surface area contributed by atoms with Crippen LogP contribution in [0.25, 0.3) is 16.9 Å². The fraction of sp³-hybridized carbons (Fsp3) is 0.263. The first-order chi connectivity index (χ1) is 16.2. The normalized spacial score (nSPS) is 22.9. The highest BCUT2D eigenvalue weighted by atomic mass is 16.2. The first-order valence-electron chi connectivity index (χ1n) is 13.2. The summed E-state index contributed by atoms with van der Waals surface area (Å²) >= 11 is 0. The van der Waals surface area contributed by atoms with E-state index in [0.717, 1.165) is 10.6 Å². The zero-order chi connectivity index (χ0) is 27.4. The second kappa shape index (κ2) is 5.88. The molecule has 2 aromatic heterocycles. The van der Waals surface area contributed by atoms with E-state index in [1.165, 1.54) is 36.4 Å². The fourth-order valence-electron chi connectivity index (χ4n) is 2.22. The molecule has 0 aliphatic heterocycles. The molecule has 1 unspecified atom stereocenters. The topological polar surface area (TPSA) is 37.6 Å². The van der Waals surface area contributed by atoms with Gasteiger partial charge in [0.05, 0.1) is 17.8 Å². The molecule has 0 aliphatic rings. The van der Waals surface area contributed by atoms with Crippen LogP contribution in [0.1, 0.15) is 34.6 Å². The summed E-state index contributed by atoms with van der Waals surface area (Å²) in [6, 6.07) is 7.94. The summed E-state index contributed by atoms with van der Waals surface area (Å²) in [5.74, 6) is -1.57. The van der Waals surface area contributed by atoms with E-state index in [0.29, 0.717) is 0 Å². The predicted molar refractivity (Wildman–Crippen MR) is 92.5 cm³/mol. The lowest BCUT2D eigenvalue weighted by Gasteiger charge is -2.11. The minimum Gasteiger partial charge on any atom is -0.348 e. The van der Waals surface area contributed by atoms with Crippen LogP contribution in [0.15, 0.2) is 42.6 Å². The smallest absolute Gasteiger partial charge is 0.228 e. The monoisotopic (exact) mass is 320 g/mol. The first kappa shape index (κ1) is 6.11. The van der Waals surface area contributed by atoms with E-state index in [2.05, 4.69) is 4.98 Å². The highest BCUT2D eigenvalue weighted by Gasteiger charge is 2.18. The second-order valence-corrected chi connectivity index (χ2v) is 4.89. The molecule has 1 atom stereocenters. The Bertz CT molecular complexity index is 1250. The van der Waals surface area contributed by atoms with Gasteiger partial charge in [0, 0.05) is 43.5 Å². The minimum absolute atomic E-state index is 0.00994. The van der Waals surface area contributed by atoms with Crippen LogP contribution in [0.5, 0.6) is 0 Å². The third-order valence-electron chi connectivity index (χ3n) is 3.29. The van der Waals surface area contributed by atoms with Crippen LogP contribution in [-0.4, -0.2) is 34.1 Å². The Labute approximate surface area is 154 Å². The molecule has 0 aliphatic carbocycles. The van der Waals surface area contributed by atoms with Crippen molar-refractivity contribution in [2.24, 2.45) is 0 Å². The lowest BCUT2D eigenvalue weighted by Crippen LogP contribution is -2.24. The van der Waals surface area contributed by atoms with Gasteiger partial charge in [0.25, 0.3) is 0 Å². The first-order valence-corrected chi connectivity index (χ1v) is 6.63. The van der Waals surface area contributed by atoms with E-state index in [9.17, 15) is 4.79 Å².